The molecule has 0 saturated carbocycles. The fourth-order valence-electron chi connectivity index (χ4n) is 3.96. The van der Waals surface area contributed by atoms with E-state index < -0.39 is 0 Å². The number of nitrogens with one attached hydrogen (secondary N) is 1. The molecule has 1 fully saturated rings. The predicted molar refractivity (Wildman–Crippen MR) is 115 cm³/mol. The molecule has 1 N–H and O–H groups in total. The van der Waals surface area contributed by atoms with Crippen molar-refractivity contribution in [1.29, 1.82) is 0 Å². The van der Waals surface area contributed by atoms with E-state index in [1.165, 1.54) is 0 Å². The van der Waals surface area contributed by atoms with E-state index in [0.29, 0.717) is 31.2 Å². The number of carbonyl (C=O) groups excluding carboxylic acids is 1. The number of aromatic nitrogens is 6. The number of hydrogen-bond donors (Lipinski definition) is 1. The Labute approximate surface area is 179 Å². The van der Waals surface area contributed by atoms with Crippen LogP contribution >= 0.6 is 0 Å². The van der Waals surface area contributed by atoms with Crippen LogP contribution < -0.4 is 0 Å². The second-order valence-electron chi connectivity index (χ2n) is 7.79. The summed E-state index contributed by atoms with van der Waals surface area (Å²) in [5, 5.41) is 15.7. The highest BCUT2D eigenvalue weighted by Crippen LogP contribution is 2.26. The molecule has 4 aromatic rings. The summed E-state index contributed by atoms with van der Waals surface area (Å²) < 4.78 is 1.70. The molecule has 0 aliphatic carbocycles. The minimum atomic E-state index is -0.0909. The first-order valence-electron chi connectivity index (χ1n) is 10.5. The van der Waals surface area contributed by atoms with E-state index in [2.05, 4.69) is 25.5 Å². The number of hydrogen-bond acceptors (Lipinski definition) is 5. The van der Waals surface area contributed by atoms with Gasteiger partial charge in [-0.25, -0.2) is 9.67 Å². The summed E-state index contributed by atoms with van der Waals surface area (Å²) in [5.41, 5.74) is 2.46. The number of H-pyrrole nitrogens is 1. The summed E-state index contributed by atoms with van der Waals surface area (Å²) >= 11 is 0. The van der Waals surface area contributed by atoms with Gasteiger partial charge in [0, 0.05) is 24.6 Å². The topological polar surface area (TPSA) is 92.6 Å². The van der Waals surface area contributed by atoms with Crippen LogP contribution in [-0.2, 0) is 6.54 Å². The molecule has 2 aromatic heterocycles. The van der Waals surface area contributed by atoms with Crippen LogP contribution in [0.4, 0.5) is 0 Å². The normalized spacial score (nSPS) is 16.4. The van der Waals surface area contributed by atoms with Gasteiger partial charge in [0.2, 0.25) is 0 Å². The van der Waals surface area contributed by atoms with E-state index in [4.69, 9.17) is 0 Å². The first-order chi connectivity index (χ1) is 15.3. The number of carbonyl (C=O) groups is 1. The molecule has 0 spiro atoms. The third-order valence-corrected chi connectivity index (χ3v) is 5.58. The first-order valence-corrected chi connectivity index (χ1v) is 10.5. The Morgan fingerprint density at radius 2 is 1.84 bits per heavy atom. The monoisotopic (exact) mass is 413 g/mol. The second-order valence-corrected chi connectivity index (χ2v) is 7.79. The Kier molecular flexibility index (Phi) is 5.26. The van der Waals surface area contributed by atoms with Gasteiger partial charge in [-0.05, 0) is 18.4 Å². The molecule has 1 saturated heterocycles. The molecule has 8 heteroatoms. The Morgan fingerprint density at radius 3 is 2.65 bits per heavy atom. The molecule has 2 aromatic carbocycles. The quantitative estimate of drug-likeness (QED) is 0.543. The molecule has 1 amide bonds. The maximum absolute atomic E-state index is 13.0. The van der Waals surface area contributed by atoms with Gasteiger partial charge in [-0.15, -0.1) is 5.10 Å². The minimum absolute atomic E-state index is 0.0909. The maximum Gasteiger partial charge on any atom is 0.276 e. The third kappa shape index (κ3) is 4.23. The van der Waals surface area contributed by atoms with Crippen molar-refractivity contribution in [3.63, 3.8) is 0 Å². The van der Waals surface area contributed by atoms with Gasteiger partial charge in [-0.3, -0.25) is 9.89 Å². The molecule has 156 valence electrons. The highest BCUT2D eigenvalue weighted by Gasteiger charge is 2.29. The van der Waals surface area contributed by atoms with Crippen LogP contribution in [0.2, 0.25) is 0 Å². The molecule has 0 radical (unpaired) electrons. The van der Waals surface area contributed by atoms with Crippen LogP contribution in [0.1, 0.15) is 40.6 Å². The largest absolute Gasteiger partial charge is 0.336 e. The SMILES string of the molecule is O=C(c1cn(Cc2ccccc2)nn1)N1CCC[C@@H](c2nc(-c3ccccc3)n[nH]2)C1. The summed E-state index contributed by atoms with van der Waals surface area (Å²) in [5.74, 6) is 1.54. The van der Waals surface area contributed by atoms with E-state index in [9.17, 15) is 4.79 Å². The van der Waals surface area contributed by atoms with E-state index in [1.807, 2.05) is 65.6 Å². The average Bonchev–Trinajstić information content (AvgIpc) is 3.50. The molecular formula is C23H23N7O. The lowest BCUT2D eigenvalue weighted by molar-refractivity contribution is 0.0698. The predicted octanol–water partition coefficient (Wildman–Crippen LogP) is 3.13. The van der Waals surface area contributed by atoms with Crippen LogP contribution in [0.25, 0.3) is 11.4 Å². The van der Waals surface area contributed by atoms with Crippen molar-refractivity contribution < 1.29 is 4.79 Å². The van der Waals surface area contributed by atoms with Crippen LogP contribution in [0.5, 0.6) is 0 Å². The Bertz CT molecular complexity index is 1150. The zero-order valence-corrected chi connectivity index (χ0v) is 17.1. The smallest absolute Gasteiger partial charge is 0.276 e. The first kappa shape index (κ1) is 19.2. The van der Waals surface area contributed by atoms with Crippen molar-refractivity contribution in [2.75, 3.05) is 13.1 Å². The van der Waals surface area contributed by atoms with Crippen molar-refractivity contribution in [3.05, 3.63) is 83.9 Å². The Balaban J connectivity index is 1.26. The molecule has 1 atom stereocenters. The van der Waals surface area contributed by atoms with Gasteiger partial charge in [-0.1, -0.05) is 65.9 Å². The number of aromatic amines is 1. The van der Waals surface area contributed by atoms with Gasteiger partial charge in [-0.2, -0.15) is 5.10 Å². The molecule has 31 heavy (non-hydrogen) atoms. The van der Waals surface area contributed by atoms with Crippen molar-refractivity contribution in [2.24, 2.45) is 0 Å². The Hall–Kier alpha value is -3.81. The zero-order valence-electron chi connectivity index (χ0n) is 17.1. The van der Waals surface area contributed by atoms with Crippen LogP contribution in [0, 0.1) is 0 Å². The summed E-state index contributed by atoms with van der Waals surface area (Å²) in [6.45, 7) is 1.89. The molecule has 5 rings (SSSR count). The molecule has 1 aliphatic heterocycles. The van der Waals surface area contributed by atoms with Gasteiger partial charge < -0.3 is 4.90 Å². The average molecular weight is 413 g/mol. The minimum Gasteiger partial charge on any atom is -0.336 e. The summed E-state index contributed by atoms with van der Waals surface area (Å²) in [6.07, 6.45) is 3.60. The summed E-state index contributed by atoms with van der Waals surface area (Å²) in [4.78, 5) is 19.6. The summed E-state index contributed by atoms with van der Waals surface area (Å²) in [6, 6.07) is 19.9. The molecule has 0 bridgehead atoms. The van der Waals surface area contributed by atoms with E-state index in [1.54, 1.807) is 10.9 Å². The van der Waals surface area contributed by atoms with Gasteiger partial charge in [0.15, 0.2) is 11.5 Å². The number of piperidine rings is 1. The van der Waals surface area contributed by atoms with Crippen molar-refractivity contribution in [3.8, 4) is 11.4 Å². The number of rotatable bonds is 5. The molecule has 0 unspecified atom stereocenters. The summed E-state index contributed by atoms with van der Waals surface area (Å²) in [7, 11) is 0. The number of benzene rings is 2. The van der Waals surface area contributed by atoms with E-state index >= 15 is 0 Å². The molecule has 8 nitrogen and oxygen atoms in total. The van der Waals surface area contributed by atoms with Gasteiger partial charge >= 0.3 is 0 Å². The number of amides is 1. The zero-order chi connectivity index (χ0) is 21.0. The fourth-order valence-corrected chi connectivity index (χ4v) is 3.96. The number of nitrogens with zero attached hydrogens (tertiary/aromatic N) is 6. The van der Waals surface area contributed by atoms with E-state index in [0.717, 1.165) is 29.8 Å². The lowest BCUT2D eigenvalue weighted by Gasteiger charge is -2.31. The highest BCUT2D eigenvalue weighted by molar-refractivity contribution is 5.92. The fraction of sp³-hybridized carbons (Fsp3) is 0.261. The van der Waals surface area contributed by atoms with Gasteiger partial charge in [0.25, 0.3) is 5.91 Å². The molecule has 1 aliphatic rings. The van der Waals surface area contributed by atoms with Gasteiger partial charge in [0.1, 0.15) is 5.82 Å². The Morgan fingerprint density at radius 1 is 1.06 bits per heavy atom. The third-order valence-electron chi connectivity index (χ3n) is 5.58. The van der Waals surface area contributed by atoms with E-state index in [-0.39, 0.29) is 11.8 Å². The lowest BCUT2D eigenvalue weighted by Crippen LogP contribution is -2.39. The van der Waals surface area contributed by atoms with Crippen LogP contribution in [-0.4, -0.2) is 54.1 Å². The van der Waals surface area contributed by atoms with Crippen molar-refractivity contribution >= 4 is 5.91 Å². The molecular weight excluding hydrogens is 390 g/mol. The number of likely N-dealkylation sites (tertiary alicyclic amines) is 1. The van der Waals surface area contributed by atoms with Crippen molar-refractivity contribution in [2.45, 2.75) is 25.3 Å². The van der Waals surface area contributed by atoms with Crippen molar-refractivity contribution in [1.82, 2.24) is 35.1 Å². The van der Waals surface area contributed by atoms with Crippen LogP contribution in [0.3, 0.4) is 0 Å². The van der Waals surface area contributed by atoms with Gasteiger partial charge in [0.05, 0.1) is 12.7 Å². The second kappa shape index (κ2) is 8.51. The highest BCUT2D eigenvalue weighted by atomic mass is 16.2. The lowest BCUT2D eigenvalue weighted by atomic mass is 9.97. The van der Waals surface area contributed by atoms with Crippen LogP contribution in [0.15, 0.2) is 66.9 Å². The maximum atomic E-state index is 13.0. The molecule has 3 heterocycles. The standard InChI is InChI=1S/C23H23N7O/c31-23(20-16-30(28-25-20)14-17-8-3-1-4-9-17)29-13-7-12-19(15-29)22-24-21(26-27-22)18-10-5-2-6-11-18/h1-6,8-11,16,19H,7,12-15H2,(H,24,26,27)/t19-/m1/s1.